The Morgan fingerprint density at radius 2 is 1.84 bits per heavy atom. The third kappa shape index (κ3) is 4.54. The highest BCUT2D eigenvalue weighted by Gasteiger charge is 2.10. The van der Waals surface area contributed by atoms with Gasteiger partial charge >= 0.3 is 0 Å². The number of fused-ring (bicyclic) bond motifs is 1. The number of aryl methyl sites for hydroxylation is 2. The molecule has 0 fully saturated rings. The van der Waals surface area contributed by atoms with Gasteiger partial charge in [0.15, 0.2) is 0 Å². The molecule has 0 saturated carbocycles. The molecular weight excluding hydrogens is 234 g/mol. The van der Waals surface area contributed by atoms with Crippen LogP contribution in [0.4, 0.5) is 0 Å². The van der Waals surface area contributed by atoms with Crippen molar-refractivity contribution in [2.45, 2.75) is 52.5 Å². The Kier molecular flexibility index (Phi) is 5.26. The predicted molar refractivity (Wildman–Crippen MR) is 80.9 cm³/mol. The number of nitrogens with one attached hydrogen (secondary N) is 1. The van der Waals surface area contributed by atoms with Crippen molar-refractivity contribution in [3.63, 3.8) is 0 Å². The maximum absolute atomic E-state index is 5.93. The lowest BCUT2D eigenvalue weighted by Crippen LogP contribution is -2.30. The molecule has 0 spiro atoms. The van der Waals surface area contributed by atoms with E-state index in [1.54, 1.807) is 0 Å². The molecule has 0 heterocycles. The Morgan fingerprint density at radius 1 is 1.11 bits per heavy atom. The van der Waals surface area contributed by atoms with Crippen molar-refractivity contribution in [2.75, 3.05) is 13.2 Å². The van der Waals surface area contributed by atoms with Gasteiger partial charge in [-0.15, -0.1) is 0 Å². The van der Waals surface area contributed by atoms with Gasteiger partial charge in [-0.05, 0) is 48.9 Å². The van der Waals surface area contributed by atoms with Gasteiger partial charge in [-0.25, -0.2) is 0 Å². The highest BCUT2D eigenvalue weighted by Crippen LogP contribution is 2.25. The number of benzene rings is 1. The minimum Gasteiger partial charge on any atom is -0.493 e. The number of rotatable bonds is 6. The second-order valence-electron chi connectivity index (χ2n) is 6.12. The van der Waals surface area contributed by atoms with Crippen molar-refractivity contribution in [1.82, 2.24) is 5.32 Å². The van der Waals surface area contributed by atoms with Crippen molar-refractivity contribution in [3.05, 3.63) is 29.3 Å². The lowest BCUT2D eigenvalue weighted by Gasteiger charge is -2.19. The van der Waals surface area contributed by atoms with Crippen LogP contribution in [-0.4, -0.2) is 19.2 Å². The topological polar surface area (TPSA) is 21.3 Å². The molecule has 2 rings (SSSR count). The summed E-state index contributed by atoms with van der Waals surface area (Å²) in [4.78, 5) is 0. The Morgan fingerprint density at radius 3 is 2.58 bits per heavy atom. The second kappa shape index (κ2) is 6.95. The first-order valence-corrected chi connectivity index (χ1v) is 7.63. The molecule has 0 amide bonds. The largest absolute Gasteiger partial charge is 0.493 e. The third-order valence-electron chi connectivity index (χ3n) is 3.73. The van der Waals surface area contributed by atoms with Gasteiger partial charge in [0.25, 0.3) is 0 Å². The van der Waals surface area contributed by atoms with Crippen LogP contribution in [0, 0.1) is 5.92 Å². The molecule has 0 aliphatic heterocycles. The standard InChI is InChI=1S/C17H27NO/c1-13(2)18-11-14(3)12-19-17-9-8-15-6-4-5-7-16(15)10-17/h8-10,13-14,18H,4-7,11-12H2,1-3H3. The van der Waals surface area contributed by atoms with Crippen LogP contribution in [0.5, 0.6) is 5.75 Å². The van der Waals surface area contributed by atoms with Gasteiger partial charge < -0.3 is 10.1 Å². The average molecular weight is 261 g/mol. The molecule has 0 aromatic heterocycles. The summed E-state index contributed by atoms with van der Waals surface area (Å²) in [5, 5.41) is 3.45. The van der Waals surface area contributed by atoms with Crippen molar-refractivity contribution < 1.29 is 4.74 Å². The van der Waals surface area contributed by atoms with E-state index in [0.717, 1.165) is 18.9 Å². The summed E-state index contributed by atoms with van der Waals surface area (Å²) in [5.74, 6) is 1.58. The van der Waals surface area contributed by atoms with Crippen LogP contribution in [0.1, 0.15) is 44.7 Å². The van der Waals surface area contributed by atoms with Gasteiger partial charge in [-0.1, -0.05) is 26.8 Å². The molecule has 1 aromatic carbocycles. The summed E-state index contributed by atoms with van der Waals surface area (Å²) < 4.78 is 5.93. The van der Waals surface area contributed by atoms with Crippen LogP contribution in [-0.2, 0) is 12.8 Å². The molecule has 1 aliphatic carbocycles. The van der Waals surface area contributed by atoms with Crippen LogP contribution in [0.2, 0.25) is 0 Å². The van der Waals surface area contributed by atoms with Crippen LogP contribution in [0.25, 0.3) is 0 Å². The summed E-state index contributed by atoms with van der Waals surface area (Å²) in [6.45, 7) is 8.39. The fourth-order valence-corrected chi connectivity index (χ4v) is 2.53. The molecule has 1 unspecified atom stereocenters. The van der Waals surface area contributed by atoms with Gasteiger partial charge in [-0.3, -0.25) is 0 Å². The Hall–Kier alpha value is -1.02. The van der Waals surface area contributed by atoms with E-state index in [9.17, 15) is 0 Å². The van der Waals surface area contributed by atoms with E-state index >= 15 is 0 Å². The first-order chi connectivity index (χ1) is 9.15. The van der Waals surface area contributed by atoms with Crippen molar-refractivity contribution in [3.8, 4) is 5.75 Å². The van der Waals surface area contributed by atoms with Crippen LogP contribution in [0.3, 0.4) is 0 Å². The second-order valence-corrected chi connectivity index (χ2v) is 6.12. The van der Waals surface area contributed by atoms with Crippen molar-refractivity contribution in [1.29, 1.82) is 0 Å². The summed E-state index contributed by atoms with van der Waals surface area (Å²) in [6.07, 6.45) is 5.12. The monoisotopic (exact) mass is 261 g/mol. The molecule has 1 aromatic rings. The Bertz CT molecular complexity index is 400. The predicted octanol–water partition coefficient (Wildman–Crippen LogP) is 3.58. The van der Waals surface area contributed by atoms with E-state index in [4.69, 9.17) is 4.74 Å². The van der Waals surface area contributed by atoms with Crippen LogP contribution < -0.4 is 10.1 Å². The van der Waals surface area contributed by atoms with Gasteiger partial charge in [0.05, 0.1) is 6.61 Å². The SMILES string of the molecule is CC(CNC(C)C)COc1ccc2c(c1)CCCC2. The van der Waals surface area contributed by atoms with Gasteiger partial charge in [-0.2, -0.15) is 0 Å². The summed E-state index contributed by atoms with van der Waals surface area (Å²) >= 11 is 0. The Labute approximate surface area is 117 Å². The highest BCUT2D eigenvalue weighted by atomic mass is 16.5. The molecule has 19 heavy (non-hydrogen) atoms. The lowest BCUT2D eigenvalue weighted by atomic mass is 9.92. The highest BCUT2D eigenvalue weighted by molar-refractivity contribution is 5.37. The zero-order valence-corrected chi connectivity index (χ0v) is 12.5. The molecule has 0 radical (unpaired) electrons. The average Bonchev–Trinajstić information content (AvgIpc) is 2.42. The maximum atomic E-state index is 5.93. The van der Waals surface area contributed by atoms with Gasteiger partial charge in [0.2, 0.25) is 0 Å². The number of ether oxygens (including phenoxy) is 1. The van der Waals surface area contributed by atoms with Crippen molar-refractivity contribution in [2.24, 2.45) is 5.92 Å². The van der Waals surface area contributed by atoms with E-state index in [1.807, 2.05) is 0 Å². The van der Waals surface area contributed by atoms with E-state index in [2.05, 4.69) is 44.3 Å². The summed E-state index contributed by atoms with van der Waals surface area (Å²) in [7, 11) is 0. The van der Waals surface area contributed by atoms with E-state index in [1.165, 1.54) is 36.8 Å². The third-order valence-corrected chi connectivity index (χ3v) is 3.73. The maximum Gasteiger partial charge on any atom is 0.119 e. The summed E-state index contributed by atoms with van der Waals surface area (Å²) in [5.41, 5.74) is 3.02. The number of hydrogen-bond donors (Lipinski definition) is 1. The summed E-state index contributed by atoms with van der Waals surface area (Å²) in [6, 6.07) is 7.18. The molecule has 106 valence electrons. The minimum atomic E-state index is 0.540. The zero-order chi connectivity index (χ0) is 13.7. The Balaban J connectivity index is 1.82. The van der Waals surface area contributed by atoms with Crippen molar-refractivity contribution >= 4 is 0 Å². The first kappa shape index (κ1) is 14.4. The van der Waals surface area contributed by atoms with E-state index in [0.29, 0.717) is 12.0 Å². The normalized spacial score (nSPS) is 16.2. The lowest BCUT2D eigenvalue weighted by molar-refractivity contribution is 0.252. The molecule has 1 N–H and O–H groups in total. The minimum absolute atomic E-state index is 0.540. The molecule has 0 saturated heterocycles. The van der Waals surface area contributed by atoms with Gasteiger partial charge in [0.1, 0.15) is 5.75 Å². The molecule has 2 heteroatoms. The smallest absolute Gasteiger partial charge is 0.119 e. The fourth-order valence-electron chi connectivity index (χ4n) is 2.53. The molecular formula is C17H27NO. The first-order valence-electron chi connectivity index (χ1n) is 7.63. The molecule has 0 bridgehead atoms. The number of hydrogen-bond acceptors (Lipinski definition) is 2. The zero-order valence-electron chi connectivity index (χ0n) is 12.5. The fraction of sp³-hybridized carbons (Fsp3) is 0.647. The molecule has 1 aliphatic rings. The van der Waals surface area contributed by atoms with Crippen LogP contribution >= 0.6 is 0 Å². The molecule has 1 atom stereocenters. The quantitative estimate of drug-likeness (QED) is 0.845. The molecule has 2 nitrogen and oxygen atoms in total. The van der Waals surface area contributed by atoms with E-state index in [-0.39, 0.29) is 0 Å². The van der Waals surface area contributed by atoms with Gasteiger partial charge in [0, 0.05) is 18.5 Å². The van der Waals surface area contributed by atoms with E-state index < -0.39 is 0 Å². The van der Waals surface area contributed by atoms with Crippen LogP contribution in [0.15, 0.2) is 18.2 Å².